The van der Waals surface area contributed by atoms with Crippen molar-refractivity contribution in [2.45, 2.75) is 0 Å². The quantitative estimate of drug-likeness (QED) is 0.844. The molecule has 98 valence electrons. The lowest BCUT2D eigenvalue weighted by atomic mass is 10.2. The molecule has 0 spiro atoms. The van der Waals surface area contributed by atoms with E-state index in [0.29, 0.717) is 15.9 Å². The van der Waals surface area contributed by atoms with Gasteiger partial charge in [0.2, 0.25) is 0 Å². The van der Waals surface area contributed by atoms with Crippen molar-refractivity contribution in [2.75, 3.05) is 5.73 Å². The number of nitrogens with two attached hydrogens (primary N) is 1. The fourth-order valence-corrected chi connectivity index (χ4v) is 1.91. The minimum Gasteiger partial charge on any atom is -0.478 e. The van der Waals surface area contributed by atoms with E-state index in [0.717, 1.165) is 0 Å². The molecule has 0 aliphatic carbocycles. The molecule has 0 saturated heterocycles. The Bertz CT molecular complexity index is 646. The number of carboxylic acid groups (broad SMARTS) is 1. The molecule has 0 atom stereocenters. The second kappa shape index (κ2) is 5.27. The molecule has 0 heterocycles. The molecule has 0 aromatic heterocycles. The van der Waals surface area contributed by atoms with E-state index in [-0.39, 0.29) is 11.3 Å². The molecule has 0 saturated carbocycles. The van der Waals surface area contributed by atoms with Crippen molar-refractivity contribution in [3.05, 3.63) is 52.3 Å². The Balaban J connectivity index is 2.40. The minimum absolute atomic E-state index is 0.0591. The summed E-state index contributed by atoms with van der Waals surface area (Å²) < 4.78 is 18.8. The van der Waals surface area contributed by atoms with Crippen LogP contribution in [0.2, 0.25) is 0 Å². The van der Waals surface area contributed by atoms with E-state index in [2.05, 4.69) is 15.9 Å². The van der Waals surface area contributed by atoms with E-state index < -0.39 is 11.8 Å². The number of ether oxygens (including phenoxy) is 1. The second-order valence-corrected chi connectivity index (χ2v) is 4.59. The van der Waals surface area contributed by atoms with Crippen molar-refractivity contribution < 1.29 is 19.0 Å². The van der Waals surface area contributed by atoms with Gasteiger partial charge in [-0.05, 0) is 52.3 Å². The maximum absolute atomic E-state index is 13.0. The first kappa shape index (κ1) is 13.4. The predicted molar refractivity (Wildman–Crippen MR) is 72.0 cm³/mol. The normalized spacial score (nSPS) is 10.2. The summed E-state index contributed by atoms with van der Waals surface area (Å²) in [6.45, 7) is 0. The lowest BCUT2D eigenvalue weighted by Gasteiger charge is -2.10. The summed E-state index contributed by atoms with van der Waals surface area (Å²) in [6, 6.07) is 8.13. The Kier molecular flexibility index (Phi) is 3.71. The van der Waals surface area contributed by atoms with Crippen LogP contribution in [0.3, 0.4) is 0 Å². The molecule has 4 nitrogen and oxygen atoms in total. The number of anilines is 1. The van der Waals surface area contributed by atoms with Crippen molar-refractivity contribution in [1.29, 1.82) is 0 Å². The van der Waals surface area contributed by atoms with Gasteiger partial charge in [0.1, 0.15) is 22.9 Å². The Morgan fingerprint density at radius 3 is 2.53 bits per heavy atom. The van der Waals surface area contributed by atoms with Crippen LogP contribution < -0.4 is 10.5 Å². The molecule has 3 N–H and O–H groups in total. The van der Waals surface area contributed by atoms with Crippen LogP contribution in [0.4, 0.5) is 10.1 Å². The van der Waals surface area contributed by atoms with E-state index in [9.17, 15) is 9.18 Å². The second-order valence-electron chi connectivity index (χ2n) is 3.74. The summed E-state index contributed by atoms with van der Waals surface area (Å²) >= 11 is 3.14. The summed E-state index contributed by atoms with van der Waals surface area (Å²) in [5.41, 5.74) is 5.79. The smallest absolute Gasteiger partial charge is 0.339 e. The Morgan fingerprint density at radius 2 is 1.89 bits per heavy atom. The van der Waals surface area contributed by atoms with Crippen LogP contribution in [0.25, 0.3) is 0 Å². The van der Waals surface area contributed by atoms with Gasteiger partial charge in [-0.1, -0.05) is 0 Å². The molecule has 0 aliphatic heterocycles. The van der Waals surface area contributed by atoms with Crippen LogP contribution in [-0.4, -0.2) is 11.1 Å². The number of carboxylic acids is 1. The summed E-state index contributed by atoms with van der Waals surface area (Å²) in [4.78, 5) is 11.1. The lowest BCUT2D eigenvalue weighted by Crippen LogP contribution is -2.01. The van der Waals surface area contributed by atoms with Crippen LogP contribution in [0.1, 0.15) is 10.4 Å². The van der Waals surface area contributed by atoms with E-state index >= 15 is 0 Å². The number of hydrogen-bond donors (Lipinski definition) is 2. The Hall–Kier alpha value is -2.08. The largest absolute Gasteiger partial charge is 0.478 e. The molecule has 6 heteroatoms. The highest BCUT2D eigenvalue weighted by atomic mass is 79.9. The predicted octanol–water partition coefficient (Wildman–Crippen LogP) is 3.66. The minimum atomic E-state index is -1.15. The standard InChI is InChI=1S/C13H9BrFNO3/c14-10-5-7(15)1-3-12(10)19-11-4-2-8(16)6-9(11)13(17)18/h1-6H,16H2,(H,17,18). The number of benzene rings is 2. The third kappa shape index (κ3) is 3.03. The lowest BCUT2D eigenvalue weighted by molar-refractivity contribution is 0.0694. The molecular weight excluding hydrogens is 317 g/mol. The van der Waals surface area contributed by atoms with Crippen molar-refractivity contribution in [1.82, 2.24) is 0 Å². The van der Waals surface area contributed by atoms with E-state index in [4.69, 9.17) is 15.6 Å². The topological polar surface area (TPSA) is 72.5 Å². The number of rotatable bonds is 3. The van der Waals surface area contributed by atoms with E-state index in [1.54, 1.807) is 0 Å². The maximum Gasteiger partial charge on any atom is 0.339 e. The summed E-state index contributed by atoms with van der Waals surface area (Å²) in [6.07, 6.45) is 0. The number of aromatic carboxylic acids is 1. The molecule has 0 aliphatic rings. The van der Waals surface area contributed by atoms with Gasteiger partial charge in [-0.15, -0.1) is 0 Å². The number of carbonyl (C=O) groups is 1. The zero-order chi connectivity index (χ0) is 14.0. The molecule has 0 amide bonds. The first-order valence-corrected chi connectivity index (χ1v) is 6.02. The molecule has 2 aromatic rings. The van der Waals surface area contributed by atoms with Gasteiger partial charge in [0.25, 0.3) is 0 Å². The first-order valence-electron chi connectivity index (χ1n) is 5.23. The maximum atomic E-state index is 13.0. The summed E-state index contributed by atoms with van der Waals surface area (Å²) in [7, 11) is 0. The molecule has 0 bridgehead atoms. The molecule has 2 aromatic carbocycles. The molecule has 0 unspecified atom stereocenters. The molecular formula is C13H9BrFNO3. The van der Waals surface area contributed by atoms with Crippen LogP contribution >= 0.6 is 15.9 Å². The van der Waals surface area contributed by atoms with Crippen molar-refractivity contribution in [3.63, 3.8) is 0 Å². The average Bonchev–Trinajstić information content (AvgIpc) is 2.34. The number of nitrogen functional groups attached to an aromatic ring is 1. The van der Waals surface area contributed by atoms with Gasteiger partial charge in [-0.3, -0.25) is 0 Å². The van der Waals surface area contributed by atoms with Gasteiger partial charge >= 0.3 is 5.97 Å². The Morgan fingerprint density at radius 1 is 1.21 bits per heavy atom. The zero-order valence-electron chi connectivity index (χ0n) is 9.56. The fraction of sp³-hybridized carbons (Fsp3) is 0. The fourth-order valence-electron chi connectivity index (χ4n) is 1.48. The number of halogens is 2. The van der Waals surface area contributed by atoms with Crippen molar-refractivity contribution in [2.24, 2.45) is 0 Å². The first-order chi connectivity index (χ1) is 8.97. The van der Waals surface area contributed by atoms with Crippen LogP contribution in [-0.2, 0) is 0 Å². The highest BCUT2D eigenvalue weighted by Crippen LogP contribution is 2.32. The van der Waals surface area contributed by atoms with Gasteiger partial charge in [0.05, 0.1) is 4.47 Å². The van der Waals surface area contributed by atoms with Gasteiger partial charge in [0.15, 0.2) is 0 Å². The Labute approximate surface area is 116 Å². The highest BCUT2D eigenvalue weighted by Gasteiger charge is 2.14. The third-order valence-electron chi connectivity index (χ3n) is 2.35. The van der Waals surface area contributed by atoms with Crippen LogP contribution in [0.15, 0.2) is 40.9 Å². The third-order valence-corrected chi connectivity index (χ3v) is 2.97. The van der Waals surface area contributed by atoms with Gasteiger partial charge in [-0.25, -0.2) is 9.18 Å². The SMILES string of the molecule is Nc1ccc(Oc2ccc(F)cc2Br)c(C(=O)O)c1. The summed E-state index contributed by atoms with van der Waals surface area (Å²) in [5, 5.41) is 9.07. The molecule has 19 heavy (non-hydrogen) atoms. The van der Waals surface area contributed by atoms with Gasteiger partial charge < -0.3 is 15.6 Å². The monoisotopic (exact) mass is 325 g/mol. The molecule has 0 radical (unpaired) electrons. The number of hydrogen-bond acceptors (Lipinski definition) is 3. The highest BCUT2D eigenvalue weighted by molar-refractivity contribution is 9.10. The zero-order valence-corrected chi connectivity index (χ0v) is 11.1. The van der Waals surface area contributed by atoms with E-state index in [1.165, 1.54) is 36.4 Å². The van der Waals surface area contributed by atoms with Crippen molar-refractivity contribution >= 4 is 27.6 Å². The van der Waals surface area contributed by atoms with Crippen molar-refractivity contribution in [3.8, 4) is 11.5 Å². The van der Waals surface area contributed by atoms with Gasteiger partial charge in [-0.2, -0.15) is 0 Å². The van der Waals surface area contributed by atoms with Crippen LogP contribution in [0, 0.1) is 5.82 Å². The summed E-state index contributed by atoms with van der Waals surface area (Å²) in [5.74, 6) is -1.13. The van der Waals surface area contributed by atoms with Crippen LogP contribution in [0.5, 0.6) is 11.5 Å². The molecule has 0 fully saturated rings. The van der Waals surface area contributed by atoms with E-state index in [1.807, 2.05) is 0 Å². The van der Waals surface area contributed by atoms with Gasteiger partial charge in [0, 0.05) is 5.69 Å². The molecule has 2 rings (SSSR count). The average molecular weight is 326 g/mol.